The van der Waals surface area contributed by atoms with E-state index in [1.807, 2.05) is 11.8 Å². The van der Waals surface area contributed by atoms with Gasteiger partial charge in [0.15, 0.2) is 0 Å². The van der Waals surface area contributed by atoms with E-state index in [1.54, 1.807) is 18.3 Å². The van der Waals surface area contributed by atoms with E-state index in [-0.39, 0.29) is 5.56 Å². The fourth-order valence-corrected chi connectivity index (χ4v) is 4.12. The number of pyridine rings is 1. The van der Waals surface area contributed by atoms with Gasteiger partial charge in [-0.15, -0.1) is 11.8 Å². The number of carbonyl (C=O) groups is 1. The highest BCUT2D eigenvalue weighted by Crippen LogP contribution is 2.32. The van der Waals surface area contributed by atoms with Gasteiger partial charge in [0.2, 0.25) is 0 Å². The molecule has 4 nitrogen and oxygen atoms in total. The molecule has 1 aromatic heterocycles. The van der Waals surface area contributed by atoms with Crippen LogP contribution in [0.3, 0.4) is 0 Å². The number of carboxylic acid groups (broad SMARTS) is 1. The molecule has 0 atom stereocenters. The number of carboxylic acids is 1. The first-order chi connectivity index (χ1) is 11.1. The van der Waals surface area contributed by atoms with Crippen LogP contribution in [0.2, 0.25) is 0 Å². The molecule has 23 heavy (non-hydrogen) atoms. The standard InChI is InChI=1S/C18H20N2O2S/c1-13-4-2-5-15(12-13)23-14-7-10-20(11-8-14)17-16(18(21)22)6-3-9-19-17/h2-6,9,12,14H,7-8,10-11H2,1H3,(H,21,22). The van der Waals surface area contributed by atoms with E-state index in [1.165, 1.54) is 10.5 Å². The maximum atomic E-state index is 11.3. The van der Waals surface area contributed by atoms with Crippen LogP contribution < -0.4 is 4.90 Å². The van der Waals surface area contributed by atoms with Crippen molar-refractivity contribution in [3.05, 3.63) is 53.7 Å². The molecule has 0 radical (unpaired) electrons. The Labute approximate surface area is 140 Å². The molecule has 1 aromatic carbocycles. The largest absolute Gasteiger partial charge is 0.478 e. The van der Waals surface area contributed by atoms with E-state index < -0.39 is 5.97 Å². The van der Waals surface area contributed by atoms with Gasteiger partial charge >= 0.3 is 5.97 Å². The minimum atomic E-state index is -0.913. The van der Waals surface area contributed by atoms with Gasteiger partial charge in [0, 0.05) is 29.4 Å². The van der Waals surface area contributed by atoms with Crippen LogP contribution in [0, 0.1) is 6.92 Å². The molecule has 0 amide bonds. The van der Waals surface area contributed by atoms with E-state index in [0.717, 1.165) is 25.9 Å². The van der Waals surface area contributed by atoms with Crippen molar-refractivity contribution in [1.29, 1.82) is 0 Å². The first-order valence-electron chi connectivity index (χ1n) is 7.80. The zero-order valence-corrected chi connectivity index (χ0v) is 13.9. The third-order valence-corrected chi connectivity index (χ3v) is 5.38. The topological polar surface area (TPSA) is 53.4 Å². The number of nitrogens with zero attached hydrogens (tertiary/aromatic N) is 2. The molecular formula is C18H20N2O2S. The molecule has 1 aliphatic rings. The lowest BCUT2D eigenvalue weighted by Crippen LogP contribution is -2.36. The van der Waals surface area contributed by atoms with Crippen molar-refractivity contribution < 1.29 is 9.90 Å². The summed E-state index contributed by atoms with van der Waals surface area (Å²) in [5, 5.41) is 9.87. The number of rotatable bonds is 4. The summed E-state index contributed by atoms with van der Waals surface area (Å²) in [5.74, 6) is -0.316. The number of aryl methyl sites for hydroxylation is 1. The number of aromatic nitrogens is 1. The molecule has 0 spiro atoms. The van der Waals surface area contributed by atoms with Crippen molar-refractivity contribution in [3.8, 4) is 0 Å². The minimum Gasteiger partial charge on any atom is -0.478 e. The van der Waals surface area contributed by atoms with Gasteiger partial charge in [-0.2, -0.15) is 0 Å². The highest BCUT2D eigenvalue weighted by atomic mass is 32.2. The highest BCUT2D eigenvalue weighted by molar-refractivity contribution is 8.00. The van der Waals surface area contributed by atoms with Crippen LogP contribution in [0.1, 0.15) is 28.8 Å². The SMILES string of the molecule is Cc1cccc(SC2CCN(c3ncccc3C(=O)O)CC2)c1. The van der Waals surface area contributed by atoms with Crippen molar-refractivity contribution in [2.45, 2.75) is 29.9 Å². The molecule has 1 N–H and O–H groups in total. The molecule has 2 heterocycles. The van der Waals surface area contributed by atoms with Gasteiger partial charge < -0.3 is 10.0 Å². The Hall–Kier alpha value is -2.01. The van der Waals surface area contributed by atoms with E-state index in [9.17, 15) is 9.90 Å². The van der Waals surface area contributed by atoms with Gasteiger partial charge in [-0.1, -0.05) is 17.7 Å². The second-order valence-corrected chi connectivity index (χ2v) is 7.17. The molecule has 2 aromatic rings. The lowest BCUT2D eigenvalue weighted by molar-refractivity contribution is 0.0697. The quantitative estimate of drug-likeness (QED) is 0.924. The Morgan fingerprint density at radius 1 is 1.26 bits per heavy atom. The molecule has 1 fully saturated rings. The summed E-state index contributed by atoms with van der Waals surface area (Å²) in [6, 6.07) is 11.9. The van der Waals surface area contributed by atoms with Crippen molar-refractivity contribution in [2.24, 2.45) is 0 Å². The summed E-state index contributed by atoms with van der Waals surface area (Å²) in [6.45, 7) is 3.81. The number of anilines is 1. The molecule has 0 aliphatic carbocycles. The first kappa shape index (κ1) is 15.9. The third-order valence-electron chi connectivity index (χ3n) is 4.05. The molecule has 0 bridgehead atoms. The van der Waals surface area contributed by atoms with Crippen LogP contribution in [0.15, 0.2) is 47.5 Å². The zero-order valence-electron chi connectivity index (χ0n) is 13.1. The number of aromatic carboxylic acids is 1. The van der Waals surface area contributed by atoms with E-state index >= 15 is 0 Å². The summed E-state index contributed by atoms with van der Waals surface area (Å²) in [5.41, 5.74) is 1.57. The molecule has 0 saturated carbocycles. The number of thioether (sulfide) groups is 1. The van der Waals surface area contributed by atoms with Crippen LogP contribution in [-0.4, -0.2) is 34.4 Å². The van der Waals surface area contributed by atoms with E-state index in [4.69, 9.17) is 0 Å². The zero-order chi connectivity index (χ0) is 16.2. The van der Waals surface area contributed by atoms with Gasteiger partial charge in [0.1, 0.15) is 11.4 Å². The van der Waals surface area contributed by atoms with Gasteiger partial charge in [-0.25, -0.2) is 9.78 Å². The first-order valence-corrected chi connectivity index (χ1v) is 8.68. The smallest absolute Gasteiger partial charge is 0.339 e. The summed E-state index contributed by atoms with van der Waals surface area (Å²) < 4.78 is 0. The summed E-state index contributed by atoms with van der Waals surface area (Å²) in [7, 11) is 0. The fraction of sp³-hybridized carbons (Fsp3) is 0.333. The molecule has 120 valence electrons. The average molecular weight is 328 g/mol. The van der Waals surface area contributed by atoms with Gasteiger partial charge in [0.25, 0.3) is 0 Å². The number of hydrogen-bond donors (Lipinski definition) is 1. The van der Waals surface area contributed by atoms with Gasteiger partial charge in [-0.05, 0) is 44.0 Å². The molecule has 1 saturated heterocycles. The van der Waals surface area contributed by atoms with Crippen LogP contribution >= 0.6 is 11.8 Å². The Morgan fingerprint density at radius 2 is 2.04 bits per heavy atom. The summed E-state index contributed by atoms with van der Waals surface area (Å²) in [4.78, 5) is 19.0. The Balaban J connectivity index is 1.64. The summed E-state index contributed by atoms with van der Waals surface area (Å²) in [6.07, 6.45) is 3.73. The maximum absolute atomic E-state index is 11.3. The van der Waals surface area contributed by atoms with Crippen molar-refractivity contribution in [2.75, 3.05) is 18.0 Å². The van der Waals surface area contributed by atoms with E-state index in [2.05, 4.69) is 41.1 Å². The normalized spacial score (nSPS) is 15.6. The maximum Gasteiger partial charge on any atom is 0.339 e. The number of hydrogen-bond acceptors (Lipinski definition) is 4. The van der Waals surface area contributed by atoms with Crippen LogP contribution in [-0.2, 0) is 0 Å². The lowest BCUT2D eigenvalue weighted by Gasteiger charge is -2.33. The second-order valence-electron chi connectivity index (χ2n) is 5.80. The molecule has 5 heteroatoms. The minimum absolute atomic E-state index is 0.289. The predicted octanol–water partition coefficient (Wildman–Crippen LogP) is 3.85. The van der Waals surface area contributed by atoms with Gasteiger partial charge in [0.05, 0.1) is 0 Å². The molecule has 3 rings (SSSR count). The molecule has 0 unspecified atom stereocenters. The predicted molar refractivity (Wildman–Crippen MR) is 93.5 cm³/mol. The fourth-order valence-electron chi connectivity index (χ4n) is 2.88. The summed E-state index contributed by atoms with van der Waals surface area (Å²) >= 11 is 1.92. The monoisotopic (exact) mass is 328 g/mol. The van der Waals surface area contributed by atoms with Crippen LogP contribution in [0.5, 0.6) is 0 Å². The van der Waals surface area contributed by atoms with Crippen molar-refractivity contribution in [3.63, 3.8) is 0 Å². The van der Waals surface area contributed by atoms with Crippen molar-refractivity contribution in [1.82, 2.24) is 4.98 Å². The van der Waals surface area contributed by atoms with E-state index in [0.29, 0.717) is 11.1 Å². The highest BCUT2D eigenvalue weighted by Gasteiger charge is 2.24. The number of benzene rings is 1. The number of piperidine rings is 1. The van der Waals surface area contributed by atoms with Crippen LogP contribution in [0.4, 0.5) is 5.82 Å². The second kappa shape index (κ2) is 7.04. The molecule has 1 aliphatic heterocycles. The third kappa shape index (κ3) is 3.85. The van der Waals surface area contributed by atoms with Crippen molar-refractivity contribution >= 4 is 23.5 Å². The Kier molecular flexibility index (Phi) is 4.86. The Bertz CT molecular complexity index is 697. The van der Waals surface area contributed by atoms with Crippen LogP contribution in [0.25, 0.3) is 0 Å². The Morgan fingerprint density at radius 3 is 2.74 bits per heavy atom. The lowest BCUT2D eigenvalue weighted by atomic mass is 10.1. The van der Waals surface area contributed by atoms with Gasteiger partial charge in [-0.3, -0.25) is 0 Å². The molecular weight excluding hydrogens is 308 g/mol. The average Bonchev–Trinajstić information content (AvgIpc) is 2.55.